The number of para-hydroxylation sites is 1. The second-order valence-corrected chi connectivity index (χ2v) is 5.16. The SMILES string of the molecule is O=C(c1cc2cccc(F)c2o1)c1cc(F)c(Cl)cc1Cl. The molecular formula is C15H6Cl2F2O2. The van der Waals surface area contributed by atoms with Gasteiger partial charge in [-0.2, -0.15) is 0 Å². The van der Waals surface area contributed by atoms with Gasteiger partial charge in [-0.15, -0.1) is 0 Å². The lowest BCUT2D eigenvalue weighted by atomic mass is 10.1. The van der Waals surface area contributed by atoms with Gasteiger partial charge in [-0.1, -0.05) is 35.3 Å². The molecule has 0 radical (unpaired) electrons. The van der Waals surface area contributed by atoms with Crippen LogP contribution in [0.15, 0.2) is 40.8 Å². The predicted octanol–water partition coefficient (Wildman–Crippen LogP) is 5.25. The maximum Gasteiger partial charge on any atom is 0.229 e. The number of halogens is 4. The van der Waals surface area contributed by atoms with Gasteiger partial charge in [0.2, 0.25) is 5.78 Å². The average Bonchev–Trinajstić information content (AvgIpc) is 2.87. The van der Waals surface area contributed by atoms with Crippen LogP contribution >= 0.6 is 23.2 Å². The van der Waals surface area contributed by atoms with Crippen LogP contribution < -0.4 is 0 Å². The molecule has 0 bridgehead atoms. The van der Waals surface area contributed by atoms with Crippen molar-refractivity contribution in [2.45, 2.75) is 0 Å². The number of carbonyl (C=O) groups is 1. The van der Waals surface area contributed by atoms with Crippen LogP contribution in [0.1, 0.15) is 16.1 Å². The summed E-state index contributed by atoms with van der Waals surface area (Å²) in [4.78, 5) is 12.3. The largest absolute Gasteiger partial charge is 0.449 e. The van der Waals surface area contributed by atoms with Gasteiger partial charge in [-0.3, -0.25) is 4.79 Å². The lowest BCUT2D eigenvalue weighted by Crippen LogP contribution is -2.01. The summed E-state index contributed by atoms with van der Waals surface area (Å²) in [6, 6.07) is 7.75. The lowest BCUT2D eigenvalue weighted by molar-refractivity contribution is 0.101. The van der Waals surface area contributed by atoms with E-state index in [1.807, 2.05) is 0 Å². The zero-order valence-corrected chi connectivity index (χ0v) is 11.8. The molecule has 106 valence electrons. The van der Waals surface area contributed by atoms with E-state index in [-0.39, 0.29) is 27.0 Å². The summed E-state index contributed by atoms with van der Waals surface area (Å²) in [7, 11) is 0. The van der Waals surface area contributed by atoms with Gasteiger partial charge in [0.1, 0.15) is 5.82 Å². The van der Waals surface area contributed by atoms with Crippen molar-refractivity contribution in [2.24, 2.45) is 0 Å². The Hall–Kier alpha value is -1.91. The highest BCUT2D eigenvalue weighted by molar-refractivity contribution is 6.37. The Balaban J connectivity index is 2.12. The van der Waals surface area contributed by atoms with Crippen molar-refractivity contribution in [3.05, 3.63) is 69.4 Å². The van der Waals surface area contributed by atoms with Crippen LogP contribution in [0.3, 0.4) is 0 Å². The Morgan fingerprint density at radius 2 is 1.76 bits per heavy atom. The first-order valence-electron chi connectivity index (χ1n) is 5.84. The average molecular weight is 327 g/mol. The molecule has 0 aliphatic heterocycles. The van der Waals surface area contributed by atoms with E-state index in [9.17, 15) is 13.6 Å². The third-order valence-corrected chi connectivity index (χ3v) is 3.58. The van der Waals surface area contributed by atoms with Gasteiger partial charge in [0.15, 0.2) is 17.2 Å². The molecule has 3 aromatic rings. The molecule has 0 amide bonds. The van der Waals surface area contributed by atoms with Crippen LogP contribution in [0.4, 0.5) is 8.78 Å². The van der Waals surface area contributed by atoms with E-state index in [0.29, 0.717) is 5.39 Å². The van der Waals surface area contributed by atoms with Gasteiger partial charge >= 0.3 is 0 Å². The molecule has 2 nitrogen and oxygen atoms in total. The Labute approximate surface area is 127 Å². The first kappa shape index (κ1) is 14.0. The van der Waals surface area contributed by atoms with Gasteiger partial charge in [0.25, 0.3) is 0 Å². The number of ketones is 1. The molecule has 1 aromatic heterocycles. The summed E-state index contributed by atoms with van der Waals surface area (Å²) in [5, 5.41) is 0.239. The highest BCUT2D eigenvalue weighted by Gasteiger charge is 2.20. The van der Waals surface area contributed by atoms with Gasteiger partial charge in [0, 0.05) is 10.9 Å². The maximum atomic E-state index is 13.6. The van der Waals surface area contributed by atoms with E-state index >= 15 is 0 Å². The third kappa shape index (κ3) is 2.41. The van der Waals surface area contributed by atoms with Gasteiger partial charge < -0.3 is 4.42 Å². The smallest absolute Gasteiger partial charge is 0.229 e. The Bertz CT molecular complexity index is 871. The predicted molar refractivity (Wildman–Crippen MR) is 76.0 cm³/mol. The second-order valence-electron chi connectivity index (χ2n) is 4.34. The minimum atomic E-state index is -0.772. The first-order chi connectivity index (χ1) is 9.97. The molecule has 0 aliphatic carbocycles. The summed E-state index contributed by atoms with van der Waals surface area (Å²) in [6.07, 6.45) is 0. The monoisotopic (exact) mass is 326 g/mol. The molecule has 21 heavy (non-hydrogen) atoms. The summed E-state index contributed by atoms with van der Waals surface area (Å²) >= 11 is 11.5. The molecule has 2 aromatic carbocycles. The molecule has 0 saturated heterocycles. The Morgan fingerprint density at radius 1 is 1.00 bits per heavy atom. The van der Waals surface area contributed by atoms with Gasteiger partial charge in [-0.25, -0.2) is 8.78 Å². The van der Waals surface area contributed by atoms with Gasteiger partial charge in [-0.05, 0) is 24.3 Å². The molecule has 0 unspecified atom stereocenters. The maximum absolute atomic E-state index is 13.6. The van der Waals surface area contributed by atoms with Crippen molar-refractivity contribution < 1.29 is 18.0 Å². The number of fused-ring (bicyclic) bond motifs is 1. The third-order valence-electron chi connectivity index (χ3n) is 2.97. The van der Waals surface area contributed by atoms with Crippen LogP contribution in [0.5, 0.6) is 0 Å². The number of hydrogen-bond donors (Lipinski definition) is 0. The summed E-state index contributed by atoms with van der Waals surface area (Å²) < 4.78 is 32.2. The molecule has 0 atom stereocenters. The number of furan rings is 1. The van der Waals surface area contributed by atoms with Crippen molar-refractivity contribution in [2.75, 3.05) is 0 Å². The fourth-order valence-corrected chi connectivity index (χ4v) is 2.44. The minimum absolute atomic E-state index is 0.00710. The first-order valence-corrected chi connectivity index (χ1v) is 6.60. The highest BCUT2D eigenvalue weighted by atomic mass is 35.5. The molecule has 0 aliphatic rings. The van der Waals surface area contributed by atoms with Crippen LogP contribution in [0.2, 0.25) is 10.0 Å². The molecule has 1 heterocycles. The number of carbonyl (C=O) groups excluding carboxylic acids is 1. The van der Waals surface area contributed by atoms with E-state index in [1.165, 1.54) is 18.2 Å². The molecule has 0 N–H and O–H groups in total. The lowest BCUT2D eigenvalue weighted by Gasteiger charge is -2.02. The van der Waals surface area contributed by atoms with Crippen molar-refractivity contribution >= 4 is 40.0 Å². The van der Waals surface area contributed by atoms with Gasteiger partial charge in [0.05, 0.1) is 10.0 Å². The molecule has 0 spiro atoms. The van der Waals surface area contributed by atoms with E-state index in [1.54, 1.807) is 6.07 Å². The quantitative estimate of drug-likeness (QED) is 0.475. The molecular weight excluding hydrogens is 321 g/mol. The zero-order chi connectivity index (χ0) is 15.1. The number of rotatable bonds is 2. The van der Waals surface area contributed by atoms with Crippen LogP contribution in [-0.2, 0) is 0 Å². The van der Waals surface area contributed by atoms with E-state index < -0.39 is 17.4 Å². The summed E-state index contributed by atoms with van der Waals surface area (Å²) in [5.41, 5.74) is -0.135. The second kappa shape index (κ2) is 5.13. The molecule has 3 rings (SSSR count). The number of benzene rings is 2. The summed E-state index contributed by atoms with van der Waals surface area (Å²) in [5.74, 6) is -2.13. The van der Waals surface area contributed by atoms with E-state index in [0.717, 1.165) is 12.1 Å². The highest BCUT2D eigenvalue weighted by Crippen LogP contribution is 2.29. The molecule has 0 fully saturated rings. The van der Waals surface area contributed by atoms with Crippen LogP contribution in [-0.4, -0.2) is 5.78 Å². The van der Waals surface area contributed by atoms with E-state index in [2.05, 4.69) is 0 Å². The standard InChI is InChI=1S/C15H6Cl2F2O2/c16-9-6-10(17)12(19)5-8(9)14(20)13-4-7-2-1-3-11(18)15(7)21-13/h1-6H. The Morgan fingerprint density at radius 3 is 2.48 bits per heavy atom. The molecule has 6 heteroatoms. The van der Waals surface area contributed by atoms with Crippen molar-refractivity contribution in [1.82, 2.24) is 0 Å². The van der Waals surface area contributed by atoms with E-state index in [4.69, 9.17) is 27.6 Å². The van der Waals surface area contributed by atoms with Crippen molar-refractivity contribution in [3.63, 3.8) is 0 Å². The fourth-order valence-electron chi connectivity index (χ4n) is 1.97. The summed E-state index contributed by atoms with van der Waals surface area (Å²) in [6.45, 7) is 0. The van der Waals surface area contributed by atoms with Crippen molar-refractivity contribution in [1.29, 1.82) is 0 Å². The van der Waals surface area contributed by atoms with Crippen LogP contribution in [0, 0.1) is 11.6 Å². The topological polar surface area (TPSA) is 30.2 Å². The fraction of sp³-hybridized carbons (Fsp3) is 0. The minimum Gasteiger partial charge on any atom is -0.449 e. The normalized spacial score (nSPS) is 11.0. The molecule has 0 saturated carbocycles. The number of hydrogen-bond acceptors (Lipinski definition) is 2. The van der Waals surface area contributed by atoms with Crippen LogP contribution in [0.25, 0.3) is 11.0 Å². The van der Waals surface area contributed by atoms with Crippen molar-refractivity contribution in [3.8, 4) is 0 Å². The zero-order valence-electron chi connectivity index (χ0n) is 10.3. The Kier molecular flexibility index (Phi) is 3.43.